The van der Waals surface area contributed by atoms with Gasteiger partial charge in [0.05, 0.1) is 21.7 Å². The van der Waals surface area contributed by atoms with E-state index in [1.54, 1.807) is 18.4 Å². The number of aromatic nitrogens is 1. The first-order valence-electron chi connectivity index (χ1n) is 14.0. The summed E-state index contributed by atoms with van der Waals surface area (Å²) in [5, 5.41) is 12.1. The molecule has 0 radical (unpaired) electrons. The number of para-hydroxylation sites is 1. The minimum atomic E-state index is -0.131. The molecule has 7 nitrogen and oxygen atoms in total. The third-order valence-corrected chi connectivity index (χ3v) is 9.10. The highest BCUT2D eigenvalue weighted by molar-refractivity contribution is 7.13. The molecule has 2 aliphatic rings. The lowest BCUT2D eigenvalue weighted by molar-refractivity contribution is 0.0918. The molecular weight excluding hydrogens is 494 g/mol. The lowest BCUT2D eigenvalue weighted by Gasteiger charge is -2.33. The smallest absolute Gasteiger partial charge is 0.314 e. The normalized spacial score (nSPS) is 18.3. The maximum absolute atomic E-state index is 14.1. The minimum absolute atomic E-state index is 0.00523. The van der Waals surface area contributed by atoms with Gasteiger partial charge in [-0.25, -0.2) is 9.78 Å². The molecule has 2 fully saturated rings. The predicted molar refractivity (Wildman–Crippen MR) is 154 cm³/mol. The molecule has 3 aromatic rings. The first-order valence-corrected chi connectivity index (χ1v) is 14.9. The van der Waals surface area contributed by atoms with Crippen molar-refractivity contribution < 1.29 is 9.59 Å². The molecule has 1 saturated carbocycles. The van der Waals surface area contributed by atoms with Crippen molar-refractivity contribution in [2.24, 2.45) is 5.92 Å². The van der Waals surface area contributed by atoms with Gasteiger partial charge >= 0.3 is 6.03 Å². The number of urea groups is 1. The molecule has 1 aliphatic carbocycles. The van der Waals surface area contributed by atoms with Gasteiger partial charge in [-0.15, -0.1) is 11.3 Å². The van der Waals surface area contributed by atoms with Crippen LogP contribution in [0.4, 0.5) is 4.79 Å². The van der Waals surface area contributed by atoms with Gasteiger partial charge in [-0.3, -0.25) is 9.69 Å². The Morgan fingerprint density at radius 2 is 1.82 bits per heavy atom. The Labute approximate surface area is 229 Å². The highest BCUT2D eigenvalue weighted by Crippen LogP contribution is 2.35. The maximum atomic E-state index is 14.1. The Bertz CT molecular complexity index is 1250. The number of benzene rings is 1. The second-order valence-corrected chi connectivity index (χ2v) is 11.7. The van der Waals surface area contributed by atoms with Crippen LogP contribution in [-0.2, 0) is 6.54 Å². The van der Waals surface area contributed by atoms with E-state index < -0.39 is 0 Å². The highest BCUT2D eigenvalue weighted by Gasteiger charge is 2.28. The largest absolute Gasteiger partial charge is 0.349 e. The number of carbonyl (C=O) groups excluding carboxylic acids is 2. The number of pyridine rings is 1. The van der Waals surface area contributed by atoms with Crippen LogP contribution >= 0.6 is 11.3 Å². The van der Waals surface area contributed by atoms with Gasteiger partial charge < -0.3 is 16.0 Å². The molecule has 0 bridgehead atoms. The van der Waals surface area contributed by atoms with Gasteiger partial charge in [0, 0.05) is 49.7 Å². The number of amides is 3. The van der Waals surface area contributed by atoms with Crippen molar-refractivity contribution in [1.82, 2.24) is 25.8 Å². The highest BCUT2D eigenvalue weighted by atomic mass is 32.1. The lowest BCUT2D eigenvalue weighted by Crippen LogP contribution is -2.47. The molecule has 3 N–H and O–H groups in total. The Kier molecular flexibility index (Phi) is 8.59. The van der Waals surface area contributed by atoms with Crippen LogP contribution in [0.25, 0.3) is 21.5 Å². The van der Waals surface area contributed by atoms with E-state index in [0.717, 1.165) is 58.5 Å². The second kappa shape index (κ2) is 12.3. The van der Waals surface area contributed by atoms with E-state index in [1.165, 1.54) is 32.1 Å². The average Bonchev–Trinajstić information content (AvgIpc) is 3.49. The summed E-state index contributed by atoms with van der Waals surface area (Å²) >= 11 is 1.66. The first kappa shape index (κ1) is 26.6. The van der Waals surface area contributed by atoms with E-state index >= 15 is 0 Å². The number of nitrogens with zero attached hydrogens (tertiary/aromatic N) is 2. The van der Waals surface area contributed by atoms with Crippen LogP contribution in [0.1, 0.15) is 67.8 Å². The van der Waals surface area contributed by atoms with Crippen molar-refractivity contribution >= 4 is 34.2 Å². The molecular formula is C30H39N5O2S. The van der Waals surface area contributed by atoms with E-state index in [-0.39, 0.29) is 24.0 Å². The molecule has 1 aromatic carbocycles. The fourth-order valence-corrected chi connectivity index (χ4v) is 6.77. The van der Waals surface area contributed by atoms with E-state index in [2.05, 4.69) is 39.2 Å². The maximum Gasteiger partial charge on any atom is 0.314 e. The third-order valence-electron chi connectivity index (χ3n) is 8.22. The molecule has 0 unspecified atom stereocenters. The Hall–Kier alpha value is -2.97. The van der Waals surface area contributed by atoms with Gasteiger partial charge in [-0.1, -0.05) is 43.5 Å². The fourth-order valence-electron chi connectivity index (χ4n) is 6.03. The molecule has 1 saturated heterocycles. The zero-order valence-corrected chi connectivity index (χ0v) is 23.3. The summed E-state index contributed by atoms with van der Waals surface area (Å²) in [7, 11) is 1.64. The number of hydrogen-bond acceptors (Lipinski definition) is 5. The van der Waals surface area contributed by atoms with Crippen molar-refractivity contribution in [2.45, 2.75) is 70.5 Å². The quantitative estimate of drug-likeness (QED) is 0.371. The molecule has 1 aliphatic heterocycles. The molecule has 3 amide bonds. The van der Waals surface area contributed by atoms with E-state index in [0.29, 0.717) is 12.5 Å². The van der Waals surface area contributed by atoms with Crippen LogP contribution in [0.2, 0.25) is 0 Å². The van der Waals surface area contributed by atoms with E-state index in [1.807, 2.05) is 30.3 Å². The summed E-state index contributed by atoms with van der Waals surface area (Å²) in [4.78, 5) is 34.5. The molecule has 3 heterocycles. The van der Waals surface area contributed by atoms with Gasteiger partial charge in [-0.05, 0) is 56.0 Å². The van der Waals surface area contributed by atoms with Crippen LogP contribution in [-0.4, -0.2) is 54.0 Å². The van der Waals surface area contributed by atoms with Gasteiger partial charge in [0.1, 0.15) is 0 Å². The average molecular weight is 534 g/mol. The molecule has 5 rings (SSSR count). The summed E-state index contributed by atoms with van der Waals surface area (Å²) in [6.07, 6.45) is 7.93. The molecule has 38 heavy (non-hydrogen) atoms. The lowest BCUT2D eigenvalue weighted by atomic mass is 9.84. The van der Waals surface area contributed by atoms with Crippen molar-refractivity contribution in [1.29, 1.82) is 0 Å². The number of likely N-dealkylation sites (tertiary alicyclic amines) is 1. The Morgan fingerprint density at radius 1 is 1.05 bits per heavy atom. The van der Waals surface area contributed by atoms with Crippen molar-refractivity contribution in [3.8, 4) is 10.6 Å². The summed E-state index contributed by atoms with van der Waals surface area (Å²) in [6.45, 7) is 4.52. The van der Waals surface area contributed by atoms with Crippen molar-refractivity contribution in [2.75, 3.05) is 20.1 Å². The predicted octanol–water partition coefficient (Wildman–Crippen LogP) is 5.56. The van der Waals surface area contributed by atoms with Crippen LogP contribution < -0.4 is 16.0 Å². The molecule has 1 atom stereocenters. The minimum Gasteiger partial charge on any atom is -0.349 e. The van der Waals surface area contributed by atoms with Crippen molar-refractivity contribution in [3.63, 3.8) is 0 Å². The first-order chi connectivity index (χ1) is 18.5. The number of hydrogen-bond donors (Lipinski definition) is 3. The van der Waals surface area contributed by atoms with Crippen molar-refractivity contribution in [3.05, 3.63) is 52.9 Å². The van der Waals surface area contributed by atoms with Crippen LogP contribution in [0.5, 0.6) is 0 Å². The summed E-state index contributed by atoms with van der Waals surface area (Å²) in [5.41, 5.74) is 3.51. The summed E-state index contributed by atoms with van der Waals surface area (Å²) in [5.74, 6) is 0.540. The summed E-state index contributed by atoms with van der Waals surface area (Å²) in [6, 6.07) is 12.3. The van der Waals surface area contributed by atoms with E-state index in [4.69, 9.17) is 4.98 Å². The SMILES string of the molecule is CNC(=O)NC1CCN(Cc2c(-c3cccs3)nc3ccccc3c2C(=O)N[C@@H](C)C2CCCCC2)CC1. The number of fused-ring (bicyclic) bond motifs is 1. The molecule has 8 heteroatoms. The molecule has 0 spiro atoms. The zero-order valence-electron chi connectivity index (χ0n) is 22.5. The number of thiophene rings is 1. The topological polar surface area (TPSA) is 86.4 Å². The number of carbonyl (C=O) groups is 2. The molecule has 202 valence electrons. The monoisotopic (exact) mass is 533 g/mol. The number of rotatable bonds is 7. The van der Waals surface area contributed by atoms with Gasteiger partial charge in [0.15, 0.2) is 0 Å². The van der Waals surface area contributed by atoms with Gasteiger partial charge in [0.25, 0.3) is 5.91 Å². The third kappa shape index (κ3) is 6.02. The van der Waals surface area contributed by atoms with Crippen LogP contribution in [0.3, 0.4) is 0 Å². The van der Waals surface area contributed by atoms with Crippen LogP contribution in [0.15, 0.2) is 41.8 Å². The second-order valence-electron chi connectivity index (χ2n) is 10.7. The molecule has 2 aromatic heterocycles. The summed E-state index contributed by atoms with van der Waals surface area (Å²) < 4.78 is 0. The van der Waals surface area contributed by atoms with Gasteiger partial charge in [0.2, 0.25) is 0 Å². The van der Waals surface area contributed by atoms with Crippen LogP contribution in [0, 0.1) is 5.92 Å². The zero-order chi connectivity index (χ0) is 26.5. The van der Waals surface area contributed by atoms with Gasteiger partial charge in [-0.2, -0.15) is 0 Å². The Balaban J connectivity index is 1.48. The Morgan fingerprint density at radius 3 is 2.53 bits per heavy atom. The standard InChI is InChI=1S/C30H39N5O2S/c1-20(21-9-4-3-5-10-21)32-29(36)27-23-11-6-7-12-25(23)34-28(26-13-8-18-38-26)24(27)19-35-16-14-22(15-17-35)33-30(37)31-2/h6-8,11-13,18,20-22H,3-5,9-10,14-17,19H2,1-2H3,(H,32,36)(H2,31,33,37)/t20-/m0/s1. The number of piperidine rings is 1. The van der Waals surface area contributed by atoms with E-state index in [9.17, 15) is 9.59 Å². The fraction of sp³-hybridized carbons (Fsp3) is 0.500. The number of nitrogens with one attached hydrogen (secondary N) is 3.